The molecule has 116 valence electrons. The minimum absolute atomic E-state index is 0.194. The van der Waals surface area contributed by atoms with Crippen LogP contribution in [0.4, 0.5) is 0 Å². The fraction of sp³-hybridized carbons (Fsp3) is 0.706. The molecule has 0 N–H and O–H groups in total. The average molecular weight is 354 g/mol. The number of pyridine rings is 1. The topological polar surface area (TPSA) is 31.4 Å². The van der Waals surface area contributed by atoms with Gasteiger partial charge in [-0.2, -0.15) is 0 Å². The van der Waals surface area contributed by atoms with Gasteiger partial charge in [0.1, 0.15) is 5.75 Å². The van der Waals surface area contributed by atoms with Gasteiger partial charge in [0, 0.05) is 40.4 Å². The van der Waals surface area contributed by atoms with Crippen molar-refractivity contribution in [1.82, 2.24) is 4.98 Å². The number of halogens is 1. The third kappa shape index (κ3) is 2.72. The molecule has 1 aliphatic carbocycles. The van der Waals surface area contributed by atoms with Crippen molar-refractivity contribution in [1.29, 1.82) is 0 Å². The van der Waals surface area contributed by atoms with Crippen molar-refractivity contribution < 1.29 is 9.47 Å². The summed E-state index contributed by atoms with van der Waals surface area (Å²) in [6.07, 6.45) is 7.07. The fourth-order valence-electron chi connectivity index (χ4n) is 3.71. The quantitative estimate of drug-likeness (QED) is 0.753. The van der Waals surface area contributed by atoms with Gasteiger partial charge in [0.15, 0.2) is 0 Å². The van der Waals surface area contributed by atoms with Crippen molar-refractivity contribution in [3.8, 4) is 5.75 Å². The Morgan fingerprint density at radius 3 is 2.81 bits per heavy atom. The molecule has 3 nitrogen and oxygen atoms in total. The summed E-state index contributed by atoms with van der Waals surface area (Å²) in [7, 11) is 1.74. The maximum Gasteiger partial charge on any atom is 0.128 e. The van der Waals surface area contributed by atoms with Crippen LogP contribution in [0.3, 0.4) is 0 Å². The molecular weight excluding hydrogens is 330 g/mol. The number of alkyl halides is 1. The summed E-state index contributed by atoms with van der Waals surface area (Å²) in [5.41, 5.74) is 3.64. The number of aromatic nitrogens is 1. The molecule has 0 bridgehead atoms. The number of hydrogen-bond donors (Lipinski definition) is 0. The number of methoxy groups -OCH3 is 1. The maximum atomic E-state index is 6.09. The summed E-state index contributed by atoms with van der Waals surface area (Å²) in [4.78, 5) is 4.70. The Bertz CT molecular complexity index is 530. The van der Waals surface area contributed by atoms with E-state index >= 15 is 0 Å². The third-order valence-corrected chi connectivity index (χ3v) is 6.20. The van der Waals surface area contributed by atoms with Crippen LogP contribution in [0.25, 0.3) is 0 Å². The fourth-order valence-corrected chi connectivity index (χ4v) is 4.50. The normalized spacial score (nSPS) is 28.9. The Kier molecular flexibility index (Phi) is 4.28. The van der Waals surface area contributed by atoms with Crippen molar-refractivity contribution in [3.05, 3.63) is 23.0 Å². The van der Waals surface area contributed by atoms with Gasteiger partial charge in [-0.3, -0.25) is 4.98 Å². The molecule has 1 saturated heterocycles. The lowest BCUT2D eigenvalue weighted by Gasteiger charge is -2.33. The van der Waals surface area contributed by atoms with E-state index < -0.39 is 0 Å². The summed E-state index contributed by atoms with van der Waals surface area (Å²) in [6.45, 7) is 5.06. The summed E-state index contributed by atoms with van der Waals surface area (Å²) >= 11 is 3.76. The van der Waals surface area contributed by atoms with E-state index in [0.717, 1.165) is 47.7 Å². The van der Waals surface area contributed by atoms with Crippen LogP contribution >= 0.6 is 15.9 Å². The van der Waals surface area contributed by atoms with E-state index in [0.29, 0.717) is 6.10 Å². The van der Waals surface area contributed by atoms with Crippen LogP contribution in [0.1, 0.15) is 36.1 Å². The van der Waals surface area contributed by atoms with Crippen molar-refractivity contribution in [3.63, 3.8) is 0 Å². The Hall–Kier alpha value is -0.610. The van der Waals surface area contributed by atoms with Gasteiger partial charge in [0.05, 0.1) is 13.2 Å². The summed E-state index contributed by atoms with van der Waals surface area (Å²) in [5.74, 6) is 1.74. The molecule has 2 fully saturated rings. The standard InChI is InChI=1S/C17H24BrNO2/c1-11-9-19-14(12(2)15(11)20-3)8-17(10-18)6-7-21-16(17)13-4-5-13/h9,13,16H,4-8,10H2,1-3H3. The SMILES string of the molecule is COc1c(C)cnc(CC2(CBr)CCOC2C2CC2)c1C. The van der Waals surface area contributed by atoms with Gasteiger partial charge >= 0.3 is 0 Å². The van der Waals surface area contributed by atoms with E-state index in [9.17, 15) is 0 Å². The zero-order chi connectivity index (χ0) is 15.0. The number of ether oxygens (including phenoxy) is 2. The van der Waals surface area contributed by atoms with Crippen LogP contribution < -0.4 is 4.74 Å². The molecule has 0 radical (unpaired) electrons. The lowest BCUT2D eigenvalue weighted by molar-refractivity contribution is 0.0409. The molecule has 1 saturated carbocycles. The van der Waals surface area contributed by atoms with E-state index in [-0.39, 0.29) is 5.41 Å². The van der Waals surface area contributed by atoms with E-state index in [2.05, 4.69) is 29.8 Å². The zero-order valence-corrected chi connectivity index (χ0v) is 14.7. The van der Waals surface area contributed by atoms with Gasteiger partial charge in [-0.05, 0) is 45.4 Å². The lowest BCUT2D eigenvalue weighted by atomic mass is 9.76. The monoisotopic (exact) mass is 353 g/mol. The highest BCUT2D eigenvalue weighted by molar-refractivity contribution is 9.09. The molecule has 2 unspecified atom stereocenters. The average Bonchev–Trinajstić information content (AvgIpc) is 3.24. The number of rotatable bonds is 5. The Morgan fingerprint density at radius 2 is 2.19 bits per heavy atom. The van der Waals surface area contributed by atoms with Gasteiger partial charge in [0.25, 0.3) is 0 Å². The van der Waals surface area contributed by atoms with Crippen molar-refractivity contribution in [2.45, 2.75) is 45.6 Å². The predicted octanol–water partition coefficient (Wildman–Crippen LogP) is 3.83. The molecule has 0 amide bonds. The van der Waals surface area contributed by atoms with E-state index in [1.807, 2.05) is 6.20 Å². The van der Waals surface area contributed by atoms with E-state index in [1.165, 1.54) is 18.4 Å². The molecule has 21 heavy (non-hydrogen) atoms. The van der Waals surface area contributed by atoms with E-state index in [4.69, 9.17) is 14.5 Å². The van der Waals surface area contributed by atoms with Crippen LogP contribution in [-0.4, -0.2) is 30.1 Å². The smallest absolute Gasteiger partial charge is 0.128 e. The molecule has 3 rings (SSSR count). The molecule has 2 aliphatic rings. The molecule has 2 heterocycles. The summed E-state index contributed by atoms with van der Waals surface area (Å²) < 4.78 is 11.6. The zero-order valence-electron chi connectivity index (χ0n) is 13.1. The van der Waals surface area contributed by atoms with Crippen LogP contribution in [0.15, 0.2) is 6.20 Å². The van der Waals surface area contributed by atoms with Gasteiger partial charge < -0.3 is 9.47 Å². The third-order valence-electron chi connectivity index (χ3n) is 5.09. The highest BCUT2D eigenvalue weighted by Gasteiger charge is 2.50. The van der Waals surface area contributed by atoms with Gasteiger partial charge in [-0.15, -0.1) is 0 Å². The highest BCUT2D eigenvalue weighted by atomic mass is 79.9. The van der Waals surface area contributed by atoms with Crippen molar-refractivity contribution in [2.75, 3.05) is 19.0 Å². The van der Waals surface area contributed by atoms with Crippen LogP contribution in [0.5, 0.6) is 5.75 Å². The predicted molar refractivity (Wildman–Crippen MR) is 87.3 cm³/mol. The molecule has 0 aromatic carbocycles. The number of aryl methyl sites for hydroxylation is 1. The molecule has 1 aliphatic heterocycles. The number of nitrogens with zero attached hydrogens (tertiary/aromatic N) is 1. The second-order valence-electron chi connectivity index (χ2n) is 6.60. The van der Waals surface area contributed by atoms with Gasteiger partial charge in [-0.1, -0.05) is 15.9 Å². The molecule has 4 heteroatoms. The summed E-state index contributed by atoms with van der Waals surface area (Å²) in [5, 5.41) is 0.985. The minimum Gasteiger partial charge on any atom is -0.496 e. The van der Waals surface area contributed by atoms with Crippen molar-refractivity contribution >= 4 is 15.9 Å². The first-order valence-corrected chi connectivity index (χ1v) is 8.90. The van der Waals surface area contributed by atoms with Crippen LogP contribution in [0, 0.1) is 25.2 Å². The molecule has 1 aromatic heterocycles. The van der Waals surface area contributed by atoms with Gasteiger partial charge in [-0.25, -0.2) is 0 Å². The second-order valence-corrected chi connectivity index (χ2v) is 7.16. The molecule has 2 atom stereocenters. The van der Waals surface area contributed by atoms with E-state index in [1.54, 1.807) is 7.11 Å². The molecule has 1 aromatic rings. The van der Waals surface area contributed by atoms with Crippen molar-refractivity contribution in [2.24, 2.45) is 11.3 Å². The molecule has 0 spiro atoms. The highest BCUT2D eigenvalue weighted by Crippen LogP contribution is 2.50. The summed E-state index contributed by atoms with van der Waals surface area (Å²) in [6, 6.07) is 0. The first-order chi connectivity index (χ1) is 10.1. The maximum absolute atomic E-state index is 6.09. The first kappa shape index (κ1) is 15.3. The van der Waals surface area contributed by atoms with Crippen LogP contribution in [0.2, 0.25) is 0 Å². The largest absolute Gasteiger partial charge is 0.496 e. The van der Waals surface area contributed by atoms with Crippen LogP contribution in [-0.2, 0) is 11.2 Å². The Labute approximate surface area is 135 Å². The Morgan fingerprint density at radius 1 is 1.43 bits per heavy atom. The Balaban J connectivity index is 1.90. The lowest BCUT2D eigenvalue weighted by Crippen LogP contribution is -2.37. The number of hydrogen-bond acceptors (Lipinski definition) is 3. The molecular formula is C17H24BrNO2. The first-order valence-electron chi connectivity index (χ1n) is 7.78. The van der Waals surface area contributed by atoms with Gasteiger partial charge in [0.2, 0.25) is 0 Å². The minimum atomic E-state index is 0.194. The second kappa shape index (κ2) is 5.88.